The Kier molecular flexibility index (Phi) is 4.87. The van der Waals surface area contributed by atoms with E-state index in [0.717, 1.165) is 18.4 Å². The van der Waals surface area contributed by atoms with Gasteiger partial charge in [0.15, 0.2) is 0 Å². The van der Waals surface area contributed by atoms with E-state index in [-0.39, 0.29) is 0 Å². The van der Waals surface area contributed by atoms with Gasteiger partial charge < -0.3 is 4.74 Å². The smallest absolute Gasteiger partial charge is 0.111 e. The summed E-state index contributed by atoms with van der Waals surface area (Å²) < 4.78 is 6.06. The molecule has 0 radical (unpaired) electrons. The fraction of sp³-hybridized carbons (Fsp3) is 1.00. The third kappa shape index (κ3) is 3.21. The van der Waals surface area contributed by atoms with Gasteiger partial charge in [0.2, 0.25) is 0 Å². The zero-order valence-electron chi connectivity index (χ0n) is 8.05. The minimum absolute atomic E-state index is 0.458. The summed E-state index contributed by atoms with van der Waals surface area (Å²) in [5, 5.41) is 0. The standard InChI is InChI=1S/C10H19IO/c1-3-12-10(11)9-6-4-8(2)5-7-9/h8-10H,3-7H2,1-2H3. The van der Waals surface area contributed by atoms with E-state index in [1.165, 1.54) is 25.7 Å². The summed E-state index contributed by atoms with van der Waals surface area (Å²) in [5.41, 5.74) is 0. The van der Waals surface area contributed by atoms with Crippen LogP contribution in [0.1, 0.15) is 39.5 Å². The van der Waals surface area contributed by atoms with Gasteiger partial charge in [-0.2, -0.15) is 0 Å². The number of alkyl halides is 1. The van der Waals surface area contributed by atoms with E-state index in [4.69, 9.17) is 4.74 Å². The van der Waals surface area contributed by atoms with Crippen LogP contribution < -0.4 is 0 Å². The first-order valence-corrected chi connectivity index (χ1v) is 6.24. The quantitative estimate of drug-likeness (QED) is 0.567. The molecular weight excluding hydrogens is 263 g/mol. The summed E-state index contributed by atoms with van der Waals surface area (Å²) in [6.45, 7) is 5.30. The molecule has 0 bridgehead atoms. The third-order valence-corrected chi connectivity index (χ3v) is 4.13. The van der Waals surface area contributed by atoms with Crippen LogP contribution in [0.5, 0.6) is 0 Å². The van der Waals surface area contributed by atoms with Crippen molar-refractivity contribution >= 4 is 22.6 Å². The fourth-order valence-electron chi connectivity index (χ4n) is 1.84. The molecule has 1 unspecified atom stereocenters. The number of ether oxygens (including phenoxy) is 1. The maximum Gasteiger partial charge on any atom is 0.111 e. The van der Waals surface area contributed by atoms with Crippen molar-refractivity contribution in [1.29, 1.82) is 0 Å². The highest BCUT2D eigenvalue weighted by Crippen LogP contribution is 2.33. The van der Waals surface area contributed by atoms with E-state index in [2.05, 4.69) is 36.4 Å². The Balaban J connectivity index is 2.24. The lowest BCUT2D eigenvalue weighted by Gasteiger charge is -2.29. The SMILES string of the molecule is CCOC(I)C1CCC(C)CC1. The van der Waals surface area contributed by atoms with Gasteiger partial charge >= 0.3 is 0 Å². The van der Waals surface area contributed by atoms with Crippen LogP contribution in [0.2, 0.25) is 0 Å². The van der Waals surface area contributed by atoms with E-state index in [1.54, 1.807) is 0 Å². The van der Waals surface area contributed by atoms with E-state index < -0.39 is 0 Å². The van der Waals surface area contributed by atoms with E-state index in [0.29, 0.717) is 4.11 Å². The van der Waals surface area contributed by atoms with Crippen molar-refractivity contribution in [1.82, 2.24) is 0 Å². The van der Waals surface area contributed by atoms with Crippen molar-refractivity contribution in [3.8, 4) is 0 Å². The summed E-state index contributed by atoms with van der Waals surface area (Å²) in [6.07, 6.45) is 5.54. The summed E-state index contributed by atoms with van der Waals surface area (Å²) in [7, 11) is 0. The van der Waals surface area contributed by atoms with E-state index in [1.807, 2.05) is 0 Å². The molecule has 0 aromatic carbocycles. The van der Waals surface area contributed by atoms with E-state index in [9.17, 15) is 0 Å². The molecule has 1 fully saturated rings. The van der Waals surface area contributed by atoms with Gasteiger partial charge in [0, 0.05) is 6.61 Å². The normalized spacial score (nSPS) is 33.2. The molecule has 1 rings (SSSR count). The Morgan fingerprint density at radius 1 is 1.33 bits per heavy atom. The first-order valence-electron chi connectivity index (χ1n) is 4.99. The van der Waals surface area contributed by atoms with Gasteiger partial charge in [0.05, 0.1) is 0 Å². The lowest BCUT2D eigenvalue weighted by Crippen LogP contribution is -2.22. The van der Waals surface area contributed by atoms with Gasteiger partial charge in [-0.05, 0) is 31.6 Å². The van der Waals surface area contributed by atoms with Gasteiger partial charge in [-0.1, -0.05) is 42.4 Å². The van der Waals surface area contributed by atoms with Crippen LogP contribution in [0.15, 0.2) is 0 Å². The largest absolute Gasteiger partial charge is 0.368 e. The second-order valence-corrected chi connectivity index (χ2v) is 5.05. The minimum Gasteiger partial charge on any atom is -0.368 e. The highest BCUT2D eigenvalue weighted by atomic mass is 127. The molecule has 0 spiro atoms. The molecule has 2 heteroatoms. The van der Waals surface area contributed by atoms with Crippen molar-refractivity contribution in [2.24, 2.45) is 11.8 Å². The number of hydrogen-bond acceptors (Lipinski definition) is 1. The zero-order valence-corrected chi connectivity index (χ0v) is 10.2. The van der Waals surface area contributed by atoms with Gasteiger partial charge in [0.1, 0.15) is 4.11 Å². The molecule has 0 N–H and O–H groups in total. The Bertz CT molecular complexity index is 119. The first-order chi connectivity index (χ1) is 5.74. The maximum absolute atomic E-state index is 5.60. The van der Waals surface area contributed by atoms with Gasteiger partial charge in [-0.15, -0.1) is 0 Å². The topological polar surface area (TPSA) is 9.23 Å². The van der Waals surface area contributed by atoms with Crippen LogP contribution in [0.3, 0.4) is 0 Å². The van der Waals surface area contributed by atoms with E-state index >= 15 is 0 Å². The summed E-state index contributed by atoms with van der Waals surface area (Å²) in [6, 6.07) is 0. The van der Waals surface area contributed by atoms with Gasteiger partial charge in [-0.3, -0.25) is 0 Å². The van der Waals surface area contributed by atoms with Crippen LogP contribution in [0, 0.1) is 11.8 Å². The number of halogens is 1. The zero-order chi connectivity index (χ0) is 8.97. The molecule has 1 atom stereocenters. The maximum atomic E-state index is 5.60. The Morgan fingerprint density at radius 2 is 1.92 bits per heavy atom. The molecule has 1 aliphatic rings. The highest BCUT2D eigenvalue weighted by Gasteiger charge is 2.24. The van der Waals surface area contributed by atoms with Crippen LogP contribution in [0.4, 0.5) is 0 Å². The fourth-order valence-corrected chi connectivity index (χ4v) is 2.92. The molecule has 0 aromatic heterocycles. The van der Waals surface area contributed by atoms with Crippen LogP contribution in [-0.4, -0.2) is 10.7 Å². The van der Waals surface area contributed by atoms with Crippen molar-refractivity contribution < 1.29 is 4.74 Å². The molecule has 0 heterocycles. The summed E-state index contributed by atoms with van der Waals surface area (Å²) in [4.78, 5) is 0. The van der Waals surface area contributed by atoms with Crippen molar-refractivity contribution in [3.05, 3.63) is 0 Å². The average Bonchev–Trinajstić information content (AvgIpc) is 2.06. The number of rotatable bonds is 3. The van der Waals surface area contributed by atoms with Gasteiger partial charge in [0.25, 0.3) is 0 Å². The molecule has 1 nitrogen and oxygen atoms in total. The lowest BCUT2D eigenvalue weighted by atomic mass is 9.83. The molecule has 12 heavy (non-hydrogen) atoms. The molecule has 1 aliphatic carbocycles. The van der Waals surface area contributed by atoms with Crippen molar-refractivity contribution in [2.45, 2.75) is 43.6 Å². The Morgan fingerprint density at radius 3 is 2.42 bits per heavy atom. The minimum atomic E-state index is 0.458. The molecule has 0 aromatic rings. The molecule has 72 valence electrons. The van der Waals surface area contributed by atoms with Crippen LogP contribution in [-0.2, 0) is 4.74 Å². The Labute approximate surface area is 89.4 Å². The third-order valence-electron chi connectivity index (χ3n) is 2.76. The monoisotopic (exact) mass is 282 g/mol. The summed E-state index contributed by atoms with van der Waals surface area (Å²) >= 11 is 2.45. The highest BCUT2D eigenvalue weighted by molar-refractivity contribution is 14.1. The van der Waals surface area contributed by atoms with Crippen LogP contribution >= 0.6 is 22.6 Å². The number of hydrogen-bond donors (Lipinski definition) is 0. The van der Waals surface area contributed by atoms with Crippen LogP contribution in [0.25, 0.3) is 0 Å². The molecular formula is C10H19IO. The van der Waals surface area contributed by atoms with Gasteiger partial charge in [-0.25, -0.2) is 0 Å². The second-order valence-electron chi connectivity index (χ2n) is 3.83. The Hall–Kier alpha value is 0.690. The molecule has 0 aliphatic heterocycles. The predicted molar refractivity (Wildman–Crippen MR) is 60.6 cm³/mol. The predicted octanol–water partition coefficient (Wildman–Crippen LogP) is 3.61. The molecule has 1 saturated carbocycles. The van der Waals surface area contributed by atoms with Crippen molar-refractivity contribution in [3.63, 3.8) is 0 Å². The molecule has 0 amide bonds. The summed E-state index contributed by atoms with van der Waals surface area (Å²) in [5.74, 6) is 1.77. The first kappa shape index (κ1) is 10.8. The van der Waals surface area contributed by atoms with Crippen molar-refractivity contribution in [2.75, 3.05) is 6.61 Å². The average molecular weight is 282 g/mol. The molecule has 0 saturated heterocycles. The second kappa shape index (κ2) is 5.43. The lowest BCUT2D eigenvalue weighted by molar-refractivity contribution is 0.0737.